The number of ether oxygens (including phenoxy) is 1. The van der Waals surface area contributed by atoms with Crippen molar-refractivity contribution in [1.82, 2.24) is 10.6 Å². The van der Waals surface area contributed by atoms with Crippen molar-refractivity contribution in [3.05, 3.63) is 64.1 Å². The maximum absolute atomic E-state index is 12.5. The van der Waals surface area contributed by atoms with Crippen LogP contribution in [0.15, 0.2) is 53.0 Å². The molecule has 30 heavy (non-hydrogen) atoms. The van der Waals surface area contributed by atoms with Crippen LogP contribution < -0.4 is 16.0 Å². The Hall–Kier alpha value is -1.58. The van der Waals surface area contributed by atoms with Crippen molar-refractivity contribution in [3.63, 3.8) is 0 Å². The van der Waals surface area contributed by atoms with E-state index < -0.39 is 21.8 Å². The fraction of sp³-hybridized carbons (Fsp3) is 0.211. The Bertz CT molecular complexity index is 923. The first-order valence-corrected chi connectivity index (χ1v) is 10.9. The van der Waals surface area contributed by atoms with Crippen molar-refractivity contribution >= 4 is 85.6 Å². The van der Waals surface area contributed by atoms with Gasteiger partial charge in [0.2, 0.25) is 3.79 Å². The summed E-state index contributed by atoms with van der Waals surface area (Å²) in [6.45, 7) is 2.02. The molecule has 1 atom stereocenters. The molecule has 160 valence electrons. The van der Waals surface area contributed by atoms with Gasteiger partial charge in [0, 0.05) is 15.7 Å². The van der Waals surface area contributed by atoms with Crippen molar-refractivity contribution in [3.8, 4) is 0 Å². The molecule has 0 spiro atoms. The average Bonchev–Trinajstić information content (AvgIpc) is 2.67. The van der Waals surface area contributed by atoms with Gasteiger partial charge in [0.05, 0.1) is 12.2 Å². The van der Waals surface area contributed by atoms with Gasteiger partial charge in [-0.3, -0.25) is 4.79 Å². The highest BCUT2D eigenvalue weighted by atomic mass is 79.9. The van der Waals surface area contributed by atoms with Crippen LogP contribution in [0.5, 0.6) is 0 Å². The number of carbonyl (C=O) groups is 2. The fourth-order valence-corrected chi connectivity index (χ4v) is 3.21. The molecule has 11 heteroatoms. The second kappa shape index (κ2) is 11.2. The molecule has 3 N–H and O–H groups in total. The largest absolute Gasteiger partial charge is 0.462 e. The van der Waals surface area contributed by atoms with Crippen LogP contribution >= 0.6 is 63.0 Å². The molecule has 6 nitrogen and oxygen atoms in total. The minimum absolute atomic E-state index is 0.102. The minimum atomic E-state index is -1.89. The summed E-state index contributed by atoms with van der Waals surface area (Å²) in [6.07, 6.45) is -1.12. The zero-order chi connectivity index (χ0) is 22.3. The number of benzene rings is 2. The second-order valence-electron chi connectivity index (χ2n) is 5.85. The lowest BCUT2D eigenvalue weighted by Crippen LogP contribution is -2.56. The Balaban J connectivity index is 2.03. The first kappa shape index (κ1) is 24.7. The number of rotatable bonds is 6. The van der Waals surface area contributed by atoms with Crippen LogP contribution in [-0.4, -0.2) is 33.6 Å². The molecule has 0 fully saturated rings. The highest BCUT2D eigenvalue weighted by Gasteiger charge is 2.35. The van der Waals surface area contributed by atoms with E-state index in [0.717, 1.165) is 4.47 Å². The van der Waals surface area contributed by atoms with Gasteiger partial charge in [-0.25, -0.2) is 4.79 Å². The summed E-state index contributed by atoms with van der Waals surface area (Å²) in [4.78, 5) is 24.2. The molecule has 1 amide bonds. The molecule has 2 rings (SSSR count). The van der Waals surface area contributed by atoms with Gasteiger partial charge in [-0.15, -0.1) is 0 Å². The molecule has 0 bridgehead atoms. The lowest BCUT2D eigenvalue weighted by molar-refractivity contribution is 0.0526. The Labute approximate surface area is 202 Å². The van der Waals surface area contributed by atoms with Crippen molar-refractivity contribution < 1.29 is 14.3 Å². The van der Waals surface area contributed by atoms with Crippen LogP contribution in [-0.2, 0) is 4.74 Å². The molecular weight excluding hydrogens is 537 g/mol. The number of nitrogens with one attached hydrogen (secondary N) is 3. The number of anilines is 1. The number of carbonyl (C=O) groups excluding carboxylic acids is 2. The Morgan fingerprint density at radius 1 is 1.10 bits per heavy atom. The van der Waals surface area contributed by atoms with Crippen LogP contribution in [0.25, 0.3) is 0 Å². The van der Waals surface area contributed by atoms with E-state index >= 15 is 0 Å². The Morgan fingerprint density at radius 2 is 1.77 bits per heavy atom. The van der Waals surface area contributed by atoms with Crippen LogP contribution in [0.4, 0.5) is 5.69 Å². The molecule has 0 aliphatic heterocycles. The summed E-state index contributed by atoms with van der Waals surface area (Å²) in [5, 5.41) is 8.37. The van der Waals surface area contributed by atoms with Crippen LogP contribution in [0.1, 0.15) is 27.6 Å². The van der Waals surface area contributed by atoms with E-state index in [4.69, 9.17) is 51.8 Å². The summed E-state index contributed by atoms with van der Waals surface area (Å²) < 4.78 is 3.78. The van der Waals surface area contributed by atoms with Gasteiger partial charge < -0.3 is 20.7 Å². The molecule has 0 saturated carbocycles. The Morgan fingerprint density at radius 3 is 2.33 bits per heavy atom. The average molecular weight is 554 g/mol. The minimum Gasteiger partial charge on any atom is -0.462 e. The van der Waals surface area contributed by atoms with Gasteiger partial charge in [0.15, 0.2) is 5.11 Å². The molecule has 0 aromatic heterocycles. The molecule has 0 saturated heterocycles. The Kier molecular flexibility index (Phi) is 9.18. The van der Waals surface area contributed by atoms with E-state index in [9.17, 15) is 9.59 Å². The number of amides is 1. The third kappa shape index (κ3) is 7.59. The van der Waals surface area contributed by atoms with E-state index in [1.54, 1.807) is 55.5 Å². The van der Waals surface area contributed by atoms with E-state index in [0.29, 0.717) is 16.8 Å². The third-order valence-electron chi connectivity index (χ3n) is 3.62. The smallest absolute Gasteiger partial charge is 0.338 e. The quantitative estimate of drug-likeness (QED) is 0.201. The van der Waals surface area contributed by atoms with Gasteiger partial charge in [0.25, 0.3) is 5.91 Å². The number of halogens is 4. The molecule has 0 aliphatic carbocycles. The van der Waals surface area contributed by atoms with Crippen LogP contribution in [0.2, 0.25) is 0 Å². The standard InChI is InChI=1S/C19H17BrCl3N3O3S/c1-2-29-16(28)11-6-8-14(9-7-11)24-18(30)26-17(19(21,22)23)25-15(27)12-4-3-5-13(20)10-12/h3-10,17H,2H2,1H3,(H,25,27)(H2,24,26,30)/t17-/m1/s1. The zero-order valence-corrected chi connectivity index (χ0v) is 20.2. The van der Waals surface area contributed by atoms with Gasteiger partial charge in [-0.05, 0) is 61.6 Å². The maximum atomic E-state index is 12.5. The van der Waals surface area contributed by atoms with E-state index in [-0.39, 0.29) is 11.7 Å². The van der Waals surface area contributed by atoms with Gasteiger partial charge >= 0.3 is 5.97 Å². The number of hydrogen-bond donors (Lipinski definition) is 3. The topological polar surface area (TPSA) is 79.5 Å². The van der Waals surface area contributed by atoms with Crippen molar-refractivity contribution in [2.45, 2.75) is 16.9 Å². The highest BCUT2D eigenvalue weighted by molar-refractivity contribution is 9.10. The van der Waals surface area contributed by atoms with Crippen molar-refractivity contribution in [2.75, 3.05) is 11.9 Å². The SMILES string of the molecule is CCOC(=O)c1ccc(NC(=S)N[C@@H](NC(=O)c2cccc(Br)c2)C(Cl)(Cl)Cl)cc1. The lowest BCUT2D eigenvalue weighted by Gasteiger charge is -2.27. The number of thiocarbonyl (C=S) groups is 1. The zero-order valence-electron chi connectivity index (χ0n) is 15.5. The van der Waals surface area contributed by atoms with Gasteiger partial charge in [0.1, 0.15) is 6.17 Å². The van der Waals surface area contributed by atoms with E-state index in [1.165, 1.54) is 0 Å². The van der Waals surface area contributed by atoms with Crippen LogP contribution in [0, 0.1) is 0 Å². The molecule has 2 aromatic carbocycles. The lowest BCUT2D eigenvalue weighted by atomic mass is 10.2. The van der Waals surface area contributed by atoms with Gasteiger partial charge in [-0.2, -0.15) is 0 Å². The van der Waals surface area contributed by atoms with E-state index in [1.807, 2.05) is 0 Å². The van der Waals surface area contributed by atoms with Crippen molar-refractivity contribution in [1.29, 1.82) is 0 Å². The summed E-state index contributed by atoms with van der Waals surface area (Å²) in [5.74, 6) is -0.877. The monoisotopic (exact) mass is 551 g/mol. The number of esters is 1. The summed E-state index contributed by atoms with van der Waals surface area (Å²) in [7, 11) is 0. The van der Waals surface area contributed by atoms with Gasteiger partial charge in [-0.1, -0.05) is 56.8 Å². The molecule has 2 aromatic rings. The van der Waals surface area contributed by atoms with Crippen molar-refractivity contribution in [2.24, 2.45) is 0 Å². The molecule has 0 aliphatic rings. The fourth-order valence-electron chi connectivity index (χ4n) is 2.25. The summed E-state index contributed by atoms with van der Waals surface area (Å²) in [6, 6.07) is 13.2. The highest BCUT2D eigenvalue weighted by Crippen LogP contribution is 2.29. The molecular formula is C19H17BrCl3N3O3S. The summed E-state index contributed by atoms with van der Waals surface area (Å²) in [5.41, 5.74) is 1.36. The van der Waals surface area contributed by atoms with Crippen LogP contribution in [0.3, 0.4) is 0 Å². The molecule has 0 heterocycles. The first-order valence-electron chi connectivity index (χ1n) is 8.58. The molecule has 0 radical (unpaired) electrons. The predicted octanol–water partition coefficient (Wildman–Crippen LogP) is 5.04. The third-order valence-corrected chi connectivity index (χ3v) is 4.99. The number of hydrogen-bond acceptors (Lipinski definition) is 4. The summed E-state index contributed by atoms with van der Waals surface area (Å²) >= 11 is 26.6. The van der Waals surface area contributed by atoms with E-state index in [2.05, 4.69) is 31.9 Å². The number of alkyl halides is 3. The predicted molar refractivity (Wildman–Crippen MR) is 127 cm³/mol. The normalized spacial score (nSPS) is 11.9. The first-order chi connectivity index (χ1) is 14.1. The maximum Gasteiger partial charge on any atom is 0.338 e. The second-order valence-corrected chi connectivity index (χ2v) is 9.55. The molecule has 0 unspecified atom stereocenters.